The molecule has 28 heavy (non-hydrogen) atoms. The molecule has 7 nitrogen and oxygen atoms in total. The first-order chi connectivity index (χ1) is 13.3. The third kappa shape index (κ3) is 4.71. The first kappa shape index (κ1) is 20.8. The number of ether oxygens (including phenoxy) is 1. The van der Waals surface area contributed by atoms with Crippen LogP contribution in [0, 0.1) is 12.8 Å². The summed E-state index contributed by atoms with van der Waals surface area (Å²) in [4.78, 5) is 17.6. The standard InChI is InChI=1S/C19H25N3O4S2/c1-12-6-4-5-7-15(12)22-28(24,25)17-10-14(8-9-16(17)26-3)18(23)21-19-20-11-13(2)27-19/h8-12,15,22H,4-7H2,1-3H3,(H,20,21,23)/t12-,15-/m1/s1. The Labute approximate surface area is 169 Å². The van der Waals surface area contributed by atoms with E-state index in [-0.39, 0.29) is 28.2 Å². The monoisotopic (exact) mass is 423 g/mol. The maximum atomic E-state index is 13.0. The van der Waals surface area contributed by atoms with Crippen molar-refractivity contribution in [2.75, 3.05) is 12.4 Å². The number of nitrogens with one attached hydrogen (secondary N) is 2. The quantitative estimate of drug-likeness (QED) is 0.740. The van der Waals surface area contributed by atoms with Gasteiger partial charge in [-0.1, -0.05) is 19.8 Å². The molecule has 1 aromatic heterocycles. The van der Waals surface area contributed by atoms with Gasteiger partial charge in [0.1, 0.15) is 10.6 Å². The summed E-state index contributed by atoms with van der Waals surface area (Å²) in [5.41, 5.74) is 0.228. The van der Waals surface area contributed by atoms with Crippen molar-refractivity contribution >= 4 is 32.4 Å². The normalized spacial score (nSPS) is 20.0. The maximum Gasteiger partial charge on any atom is 0.257 e. The van der Waals surface area contributed by atoms with Crippen LogP contribution in [0.2, 0.25) is 0 Å². The summed E-state index contributed by atoms with van der Waals surface area (Å²) in [7, 11) is -2.42. The van der Waals surface area contributed by atoms with Gasteiger partial charge in [0.2, 0.25) is 10.0 Å². The topological polar surface area (TPSA) is 97.4 Å². The van der Waals surface area contributed by atoms with Gasteiger partial charge in [0.25, 0.3) is 5.91 Å². The predicted octanol–water partition coefficient (Wildman–Crippen LogP) is 3.57. The largest absolute Gasteiger partial charge is 0.495 e. The van der Waals surface area contributed by atoms with Gasteiger partial charge >= 0.3 is 0 Å². The molecule has 0 saturated heterocycles. The van der Waals surface area contributed by atoms with E-state index in [2.05, 4.69) is 21.9 Å². The second-order valence-corrected chi connectivity index (χ2v) is 10.0. The van der Waals surface area contributed by atoms with Gasteiger partial charge in [0.05, 0.1) is 7.11 Å². The number of anilines is 1. The van der Waals surface area contributed by atoms with Gasteiger partial charge in [0.15, 0.2) is 5.13 Å². The Kier molecular flexibility index (Phi) is 6.36. The fourth-order valence-electron chi connectivity index (χ4n) is 3.36. The van der Waals surface area contributed by atoms with E-state index in [1.54, 1.807) is 6.20 Å². The Hall–Kier alpha value is -1.97. The molecule has 1 aromatic carbocycles. The Morgan fingerprint density at radius 3 is 2.68 bits per heavy atom. The number of nitrogens with zero attached hydrogens (tertiary/aromatic N) is 1. The van der Waals surface area contributed by atoms with Gasteiger partial charge in [-0.2, -0.15) is 0 Å². The van der Waals surface area contributed by atoms with Crippen LogP contribution in [0.1, 0.15) is 47.8 Å². The zero-order valence-electron chi connectivity index (χ0n) is 16.2. The fraction of sp³-hybridized carbons (Fsp3) is 0.474. The highest BCUT2D eigenvalue weighted by atomic mass is 32.2. The summed E-state index contributed by atoms with van der Waals surface area (Å²) in [6, 6.07) is 4.28. The minimum atomic E-state index is -3.83. The van der Waals surface area contributed by atoms with Gasteiger partial charge in [-0.15, -0.1) is 11.3 Å². The molecule has 2 N–H and O–H groups in total. The lowest BCUT2D eigenvalue weighted by atomic mass is 9.87. The number of carbonyl (C=O) groups is 1. The van der Waals surface area contributed by atoms with Gasteiger partial charge in [0, 0.05) is 22.7 Å². The molecule has 1 aliphatic carbocycles. The number of aryl methyl sites for hydroxylation is 1. The molecule has 2 aromatic rings. The minimum Gasteiger partial charge on any atom is -0.495 e. The van der Waals surface area contributed by atoms with Crippen LogP contribution in [-0.2, 0) is 10.0 Å². The van der Waals surface area contributed by atoms with Crippen LogP contribution in [0.3, 0.4) is 0 Å². The lowest BCUT2D eigenvalue weighted by Gasteiger charge is -2.29. The summed E-state index contributed by atoms with van der Waals surface area (Å²) >= 11 is 1.35. The van der Waals surface area contributed by atoms with E-state index in [0.717, 1.165) is 30.6 Å². The molecule has 1 saturated carbocycles. The smallest absolute Gasteiger partial charge is 0.257 e. The zero-order valence-corrected chi connectivity index (χ0v) is 17.8. The van der Waals surface area contributed by atoms with Crippen molar-refractivity contribution in [2.24, 2.45) is 5.92 Å². The number of amides is 1. The Bertz CT molecular complexity index is 956. The zero-order chi connectivity index (χ0) is 20.3. The highest BCUT2D eigenvalue weighted by molar-refractivity contribution is 7.89. The lowest BCUT2D eigenvalue weighted by Crippen LogP contribution is -2.41. The number of methoxy groups -OCH3 is 1. The molecule has 1 fully saturated rings. The van der Waals surface area contributed by atoms with E-state index in [1.807, 2.05) is 6.92 Å². The van der Waals surface area contributed by atoms with Crippen molar-refractivity contribution in [3.8, 4) is 5.75 Å². The van der Waals surface area contributed by atoms with Crippen LogP contribution in [0.25, 0.3) is 0 Å². The van der Waals surface area contributed by atoms with E-state index < -0.39 is 15.9 Å². The molecule has 1 aliphatic rings. The van der Waals surface area contributed by atoms with Crippen molar-refractivity contribution in [1.82, 2.24) is 9.71 Å². The van der Waals surface area contributed by atoms with Crippen LogP contribution in [0.5, 0.6) is 5.75 Å². The summed E-state index contributed by atoms with van der Waals surface area (Å²) in [6.45, 7) is 3.95. The average Bonchev–Trinajstić information content (AvgIpc) is 3.07. The molecule has 0 bridgehead atoms. The van der Waals surface area contributed by atoms with E-state index >= 15 is 0 Å². The number of aromatic nitrogens is 1. The van der Waals surface area contributed by atoms with Crippen molar-refractivity contribution in [3.63, 3.8) is 0 Å². The fourth-order valence-corrected chi connectivity index (χ4v) is 5.60. The molecule has 2 atom stereocenters. The molecule has 0 aliphatic heterocycles. The maximum absolute atomic E-state index is 13.0. The molecule has 0 radical (unpaired) electrons. The van der Waals surface area contributed by atoms with Crippen molar-refractivity contribution < 1.29 is 17.9 Å². The molecule has 9 heteroatoms. The molecule has 0 spiro atoms. The molecule has 1 heterocycles. The molecule has 1 amide bonds. The molecule has 0 unspecified atom stereocenters. The summed E-state index contributed by atoms with van der Waals surface area (Å²) in [6.07, 6.45) is 5.60. The number of carbonyl (C=O) groups excluding carboxylic acids is 1. The SMILES string of the molecule is COc1ccc(C(=O)Nc2ncc(C)s2)cc1S(=O)(=O)N[C@@H]1CCCC[C@H]1C. The van der Waals surface area contributed by atoms with Crippen molar-refractivity contribution in [2.45, 2.75) is 50.5 Å². The second kappa shape index (κ2) is 8.59. The number of hydrogen-bond acceptors (Lipinski definition) is 6. The Balaban J connectivity index is 1.86. The van der Waals surface area contributed by atoms with Crippen molar-refractivity contribution in [3.05, 3.63) is 34.8 Å². The van der Waals surface area contributed by atoms with Crippen LogP contribution in [-0.4, -0.2) is 32.5 Å². The van der Waals surface area contributed by atoms with Gasteiger partial charge in [-0.25, -0.2) is 18.1 Å². The number of hydrogen-bond donors (Lipinski definition) is 2. The van der Waals surface area contributed by atoms with Crippen molar-refractivity contribution in [1.29, 1.82) is 0 Å². The van der Waals surface area contributed by atoms with E-state index in [1.165, 1.54) is 36.6 Å². The van der Waals surface area contributed by atoms with Crippen LogP contribution < -0.4 is 14.8 Å². The van der Waals surface area contributed by atoms with E-state index in [0.29, 0.717) is 5.13 Å². The summed E-state index contributed by atoms with van der Waals surface area (Å²) in [5.74, 6) is 0.0613. The second-order valence-electron chi connectivity index (χ2n) is 7.09. The average molecular weight is 424 g/mol. The third-order valence-corrected chi connectivity index (χ3v) is 7.31. The first-order valence-corrected chi connectivity index (χ1v) is 11.5. The number of sulfonamides is 1. The molecule has 3 rings (SSSR count). The molecular formula is C19H25N3O4S2. The summed E-state index contributed by atoms with van der Waals surface area (Å²) < 4.78 is 34.1. The third-order valence-electron chi connectivity index (χ3n) is 4.98. The summed E-state index contributed by atoms with van der Waals surface area (Å²) in [5, 5.41) is 3.17. The molecular weight excluding hydrogens is 398 g/mol. The van der Waals surface area contributed by atoms with Gasteiger partial charge in [-0.05, 0) is 43.9 Å². The first-order valence-electron chi connectivity index (χ1n) is 9.24. The van der Waals surface area contributed by atoms with Crippen LogP contribution in [0.4, 0.5) is 5.13 Å². The Morgan fingerprint density at radius 1 is 1.29 bits per heavy atom. The van der Waals surface area contributed by atoms with E-state index in [9.17, 15) is 13.2 Å². The van der Waals surface area contributed by atoms with Crippen LogP contribution >= 0.6 is 11.3 Å². The lowest BCUT2D eigenvalue weighted by molar-refractivity contribution is 0.102. The Morgan fingerprint density at radius 2 is 2.04 bits per heavy atom. The minimum absolute atomic E-state index is 0.0317. The predicted molar refractivity (Wildman–Crippen MR) is 110 cm³/mol. The van der Waals surface area contributed by atoms with Gasteiger partial charge < -0.3 is 4.74 Å². The molecule has 152 valence electrons. The number of benzene rings is 1. The highest BCUT2D eigenvalue weighted by Gasteiger charge is 2.29. The number of thiazole rings is 1. The van der Waals surface area contributed by atoms with Gasteiger partial charge in [-0.3, -0.25) is 10.1 Å². The van der Waals surface area contributed by atoms with E-state index in [4.69, 9.17) is 4.74 Å². The number of rotatable bonds is 6. The highest BCUT2D eigenvalue weighted by Crippen LogP contribution is 2.29. The van der Waals surface area contributed by atoms with Crippen LogP contribution in [0.15, 0.2) is 29.3 Å².